The third-order valence-corrected chi connectivity index (χ3v) is 4.56. The van der Waals surface area contributed by atoms with Gasteiger partial charge < -0.3 is 9.80 Å². The summed E-state index contributed by atoms with van der Waals surface area (Å²) in [6, 6.07) is 4.09. The molecule has 2 aromatic heterocycles. The van der Waals surface area contributed by atoms with E-state index in [0.29, 0.717) is 11.6 Å². The third kappa shape index (κ3) is 3.27. The highest BCUT2D eigenvalue weighted by Crippen LogP contribution is 2.26. The van der Waals surface area contributed by atoms with Gasteiger partial charge in [-0.25, -0.2) is 0 Å². The molecule has 0 aromatic carbocycles. The molecule has 0 saturated carbocycles. The van der Waals surface area contributed by atoms with E-state index in [4.69, 9.17) is 0 Å². The van der Waals surface area contributed by atoms with E-state index in [9.17, 15) is 4.79 Å². The van der Waals surface area contributed by atoms with Crippen LogP contribution in [0, 0.1) is 0 Å². The molecule has 6 heteroatoms. The molecule has 1 aliphatic heterocycles. The molecule has 1 fully saturated rings. The predicted octanol–water partition coefficient (Wildman–Crippen LogP) is 1.20. The molecule has 0 bridgehead atoms. The van der Waals surface area contributed by atoms with Gasteiger partial charge in [0.2, 0.25) is 0 Å². The first-order chi connectivity index (χ1) is 11.1. The van der Waals surface area contributed by atoms with Crippen LogP contribution in [0.4, 0.5) is 0 Å². The molecular weight excluding hydrogens is 290 g/mol. The number of aromatic nitrogens is 3. The largest absolute Gasteiger partial charge is 0.334 e. The van der Waals surface area contributed by atoms with Crippen molar-refractivity contribution in [3.05, 3.63) is 48.0 Å². The van der Waals surface area contributed by atoms with Crippen LogP contribution in [0.2, 0.25) is 0 Å². The van der Waals surface area contributed by atoms with Gasteiger partial charge in [-0.15, -0.1) is 0 Å². The van der Waals surface area contributed by atoms with Crippen molar-refractivity contribution in [3.63, 3.8) is 0 Å². The van der Waals surface area contributed by atoms with E-state index in [2.05, 4.69) is 29.1 Å². The van der Waals surface area contributed by atoms with Gasteiger partial charge in [-0.2, -0.15) is 5.10 Å². The molecule has 3 heterocycles. The average Bonchev–Trinajstić information content (AvgIpc) is 3.14. The number of hydrogen-bond acceptors (Lipinski definition) is 4. The molecular formula is C17H23N5O. The van der Waals surface area contributed by atoms with E-state index < -0.39 is 0 Å². The zero-order chi connectivity index (χ0) is 16.4. The second-order valence-electron chi connectivity index (χ2n) is 6.35. The number of pyridine rings is 1. The van der Waals surface area contributed by atoms with E-state index in [1.807, 2.05) is 29.0 Å². The van der Waals surface area contributed by atoms with Gasteiger partial charge >= 0.3 is 0 Å². The fourth-order valence-electron chi connectivity index (χ4n) is 3.42. The smallest absolute Gasteiger partial charge is 0.254 e. The first kappa shape index (κ1) is 15.7. The summed E-state index contributed by atoms with van der Waals surface area (Å²) in [7, 11) is 6.09. The summed E-state index contributed by atoms with van der Waals surface area (Å²) in [5.74, 6) is 0.0886. The van der Waals surface area contributed by atoms with E-state index >= 15 is 0 Å². The normalized spacial score (nSPS) is 21.1. The molecule has 0 spiro atoms. The highest BCUT2D eigenvalue weighted by Gasteiger charge is 2.38. The van der Waals surface area contributed by atoms with Gasteiger partial charge in [0.15, 0.2) is 0 Å². The molecule has 0 radical (unpaired) electrons. The van der Waals surface area contributed by atoms with Gasteiger partial charge in [-0.3, -0.25) is 14.5 Å². The lowest BCUT2D eigenvalue weighted by Crippen LogP contribution is -2.45. The highest BCUT2D eigenvalue weighted by atomic mass is 16.2. The topological polar surface area (TPSA) is 54.3 Å². The van der Waals surface area contributed by atoms with Crippen molar-refractivity contribution in [1.29, 1.82) is 0 Å². The first-order valence-electron chi connectivity index (χ1n) is 7.91. The van der Waals surface area contributed by atoms with Gasteiger partial charge in [0.05, 0.1) is 12.2 Å². The van der Waals surface area contributed by atoms with Gasteiger partial charge in [-0.1, -0.05) is 0 Å². The van der Waals surface area contributed by atoms with Gasteiger partial charge in [0.1, 0.15) is 0 Å². The molecule has 3 rings (SSSR count). The van der Waals surface area contributed by atoms with Crippen molar-refractivity contribution in [2.24, 2.45) is 7.05 Å². The number of likely N-dealkylation sites (N-methyl/N-ethyl adjacent to an activating group) is 1. The Hall–Kier alpha value is -2.21. The number of amides is 1. The van der Waals surface area contributed by atoms with E-state index in [0.717, 1.165) is 19.4 Å². The maximum absolute atomic E-state index is 12.9. The van der Waals surface area contributed by atoms with Crippen LogP contribution in [0.3, 0.4) is 0 Å². The summed E-state index contributed by atoms with van der Waals surface area (Å²) in [5, 5.41) is 4.25. The molecule has 1 saturated heterocycles. The fourth-order valence-corrected chi connectivity index (χ4v) is 3.42. The monoisotopic (exact) mass is 313 g/mol. The number of rotatable bonds is 4. The molecule has 1 amide bonds. The molecule has 0 aliphatic carbocycles. The molecule has 23 heavy (non-hydrogen) atoms. The van der Waals surface area contributed by atoms with Crippen LogP contribution in [-0.2, 0) is 13.5 Å². The van der Waals surface area contributed by atoms with Crippen molar-refractivity contribution >= 4 is 5.91 Å². The number of hydrogen-bond donors (Lipinski definition) is 0. The van der Waals surface area contributed by atoms with Gasteiger partial charge in [-0.05, 0) is 44.6 Å². The molecule has 2 atom stereocenters. The average molecular weight is 313 g/mol. The number of likely N-dealkylation sites (tertiary alicyclic amines) is 1. The number of aryl methyl sites for hydroxylation is 1. The summed E-state index contributed by atoms with van der Waals surface area (Å²) in [6.07, 6.45) is 9.08. The Morgan fingerprint density at radius 3 is 2.70 bits per heavy atom. The summed E-state index contributed by atoms with van der Waals surface area (Å²) in [5.41, 5.74) is 1.87. The summed E-state index contributed by atoms with van der Waals surface area (Å²) in [4.78, 5) is 21.1. The van der Waals surface area contributed by atoms with E-state index in [1.54, 1.807) is 24.5 Å². The second kappa shape index (κ2) is 6.50. The lowest BCUT2D eigenvalue weighted by atomic mass is 10.0. The summed E-state index contributed by atoms with van der Waals surface area (Å²) in [6.45, 7) is 0.787. The minimum atomic E-state index is 0.0886. The molecule has 122 valence electrons. The number of carbonyl (C=O) groups is 1. The summed E-state index contributed by atoms with van der Waals surface area (Å²) >= 11 is 0. The van der Waals surface area contributed by atoms with Crippen molar-refractivity contribution in [1.82, 2.24) is 24.6 Å². The predicted molar refractivity (Wildman–Crippen MR) is 88.1 cm³/mol. The second-order valence-corrected chi connectivity index (χ2v) is 6.35. The lowest BCUT2D eigenvalue weighted by Gasteiger charge is -2.31. The maximum Gasteiger partial charge on any atom is 0.254 e. The number of carbonyl (C=O) groups excluding carboxylic acids is 1. The minimum Gasteiger partial charge on any atom is -0.334 e. The van der Waals surface area contributed by atoms with Crippen molar-refractivity contribution in [2.75, 3.05) is 20.6 Å². The number of nitrogens with zero attached hydrogens (tertiary/aromatic N) is 5. The Balaban J connectivity index is 1.84. The molecule has 2 aromatic rings. The van der Waals surface area contributed by atoms with Crippen LogP contribution in [0.25, 0.3) is 0 Å². The van der Waals surface area contributed by atoms with Gasteiger partial charge in [0.25, 0.3) is 5.91 Å². The van der Waals surface area contributed by atoms with Crippen molar-refractivity contribution in [2.45, 2.75) is 24.9 Å². The third-order valence-electron chi connectivity index (χ3n) is 4.56. The highest BCUT2D eigenvalue weighted by molar-refractivity contribution is 5.94. The zero-order valence-electron chi connectivity index (χ0n) is 13.9. The maximum atomic E-state index is 12.9. The molecule has 1 aliphatic rings. The van der Waals surface area contributed by atoms with Crippen LogP contribution < -0.4 is 0 Å². The van der Waals surface area contributed by atoms with Crippen LogP contribution in [-0.4, -0.2) is 63.2 Å². The summed E-state index contributed by atoms with van der Waals surface area (Å²) < 4.78 is 1.81. The zero-order valence-corrected chi connectivity index (χ0v) is 13.9. The van der Waals surface area contributed by atoms with Crippen LogP contribution in [0.1, 0.15) is 22.3 Å². The van der Waals surface area contributed by atoms with Crippen LogP contribution in [0.15, 0.2) is 36.9 Å². The molecule has 0 unspecified atom stereocenters. The Labute approximate surface area is 136 Å². The van der Waals surface area contributed by atoms with Gasteiger partial charge in [0, 0.05) is 43.8 Å². The van der Waals surface area contributed by atoms with Crippen molar-refractivity contribution < 1.29 is 4.79 Å². The Morgan fingerprint density at radius 2 is 2.09 bits per heavy atom. The first-order valence-corrected chi connectivity index (χ1v) is 7.91. The fraction of sp³-hybridized carbons (Fsp3) is 0.471. The van der Waals surface area contributed by atoms with E-state index in [-0.39, 0.29) is 11.9 Å². The lowest BCUT2D eigenvalue weighted by molar-refractivity contribution is 0.0704. The SMILES string of the molecule is CN(C)[C@@H]1CCN(C(=O)c2ccncc2)[C@H]1Cc1cnn(C)c1. The molecule has 0 N–H and O–H groups in total. The minimum absolute atomic E-state index is 0.0886. The van der Waals surface area contributed by atoms with Crippen LogP contribution >= 0.6 is 0 Å². The molecule has 6 nitrogen and oxygen atoms in total. The Bertz CT molecular complexity index is 667. The standard InChI is InChI=1S/C17H23N5O/c1-20(2)15-6-9-22(17(23)14-4-7-18-8-5-14)16(15)10-13-11-19-21(3)12-13/h4-5,7-8,11-12,15-16H,6,9-10H2,1-3H3/t15-,16+/m1/s1. The Kier molecular flexibility index (Phi) is 4.43. The van der Waals surface area contributed by atoms with Crippen molar-refractivity contribution in [3.8, 4) is 0 Å². The van der Waals surface area contributed by atoms with Crippen LogP contribution in [0.5, 0.6) is 0 Å². The quantitative estimate of drug-likeness (QED) is 0.851. The van der Waals surface area contributed by atoms with E-state index in [1.165, 1.54) is 5.56 Å². The Morgan fingerprint density at radius 1 is 1.35 bits per heavy atom.